The number of amides is 1. The molecule has 0 saturated carbocycles. The average molecular weight is 551 g/mol. The van der Waals surface area contributed by atoms with Crippen molar-refractivity contribution in [2.75, 3.05) is 53.5 Å². The smallest absolute Gasteiger partial charge is 0.243 e. The van der Waals surface area contributed by atoms with Crippen LogP contribution in [0.25, 0.3) is 0 Å². The number of guanidine groups is 1. The number of carbonyl (C=O) groups is 1. The number of hydrogen-bond acceptors (Lipinski definition) is 5. The van der Waals surface area contributed by atoms with Gasteiger partial charge >= 0.3 is 0 Å². The van der Waals surface area contributed by atoms with Crippen LogP contribution in [0.1, 0.15) is 30.6 Å². The van der Waals surface area contributed by atoms with E-state index in [-0.39, 0.29) is 48.6 Å². The van der Waals surface area contributed by atoms with Crippen LogP contribution >= 0.6 is 35.3 Å². The highest BCUT2D eigenvalue weighted by atomic mass is 127. The summed E-state index contributed by atoms with van der Waals surface area (Å²) in [6.07, 6.45) is 5.73. The zero-order valence-electron chi connectivity index (χ0n) is 18.0. The summed E-state index contributed by atoms with van der Waals surface area (Å²) < 4.78 is 11.7. The van der Waals surface area contributed by atoms with E-state index >= 15 is 0 Å². The lowest BCUT2D eigenvalue weighted by atomic mass is 10.1. The van der Waals surface area contributed by atoms with Gasteiger partial charge in [-0.1, -0.05) is 6.07 Å². The Bertz CT molecular complexity index is 643. The monoisotopic (exact) mass is 550 g/mol. The van der Waals surface area contributed by atoms with E-state index in [0.29, 0.717) is 6.61 Å². The van der Waals surface area contributed by atoms with Gasteiger partial charge in [0, 0.05) is 45.2 Å². The number of nitrogens with one attached hydrogen (secondary N) is 1. The molecular formula is C21H35IN4O3S. The number of nitrogens with zero attached hydrogens (tertiary/aromatic N) is 3. The molecule has 30 heavy (non-hydrogen) atoms. The number of carbonyl (C=O) groups excluding carboxylic acids is 1. The first-order valence-electron chi connectivity index (χ1n) is 10.6. The summed E-state index contributed by atoms with van der Waals surface area (Å²) >= 11 is 1.77. The molecule has 1 aromatic heterocycles. The van der Waals surface area contributed by atoms with Crippen molar-refractivity contribution in [3.63, 3.8) is 0 Å². The van der Waals surface area contributed by atoms with E-state index in [9.17, 15) is 4.79 Å². The number of likely N-dealkylation sites (N-methyl/N-ethyl adjacent to an activating group) is 1. The number of aliphatic imine (C=N–C) groups is 1. The Kier molecular flexibility index (Phi) is 11.4. The van der Waals surface area contributed by atoms with Crippen molar-refractivity contribution in [3.8, 4) is 0 Å². The van der Waals surface area contributed by atoms with E-state index in [0.717, 1.165) is 64.3 Å². The molecule has 0 bridgehead atoms. The minimum Gasteiger partial charge on any atom is -0.376 e. The molecule has 2 saturated heterocycles. The summed E-state index contributed by atoms with van der Waals surface area (Å²) in [6.45, 7) is 4.33. The summed E-state index contributed by atoms with van der Waals surface area (Å²) in [4.78, 5) is 21.8. The molecule has 0 radical (unpaired) electrons. The lowest BCUT2D eigenvalue weighted by molar-refractivity contribution is -0.127. The molecule has 9 heteroatoms. The largest absolute Gasteiger partial charge is 0.376 e. The predicted molar refractivity (Wildman–Crippen MR) is 132 cm³/mol. The predicted octanol–water partition coefficient (Wildman–Crippen LogP) is 2.60. The van der Waals surface area contributed by atoms with Gasteiger partial charge in [0.2, 0.25) is 5.91 Å². The van der Waals surface area contributed by atoms with Gasteiger partial charge in [-0.15, -0.1) is 35.3 Å². The normalized spacial score (nSPS) is 20.1. The van der Waals surface area contributed by atoms with Gasteiger partial charge in [-0.05, 0) is 43.6 Å². The molecule has 3 rings (SSSR count). The molecule has 1 N–H and O–H groups in total. The van der Waals surface area contributed by atoms with Gasteiger partial charge in [0.15, 0.2) is 5.96 Å². The molecule has 0 spiro atoms. The molecule has 2 fully saturated rings. The van der Waals surface area contributed by atoms with Crippen molar-refractivity contribution in [1.29, 1.82) is 0 Å². The minimum absolute atomic E-state index is 0. The molecule has 7 nitrogen and oxygen atoms in total. The maximum atomic E-state index is 12.0. The van der Waals surface area contributed by atoms with Crippen LogP contribution in [-0.4, -0.2) is 87.4 Å². The summed E-state index contributed by atoms with van der Waals surface area (Å²) in [5, 5.41) is 5.56. The van der Waals surface area contributed by atoms with Crippen LogP contribution in [0.5, 0.6) is 0 Å². The van der Waals surface area contributed by atoms with E-state index in [1.165, 1.54) is 4.88 Å². The van der Waals surface area contributed by atoms with Crippen LogP contribution in [0.15, 0.2) is 22.5 Å². The molecule has 0 aromatic carbocycles. The molecular weight excluding hydrogens is 515 g/mol. The molecule has 3 heterocycles. The zero-order valence-corrected chi connectivity index (χ0v) is 21.2. The van der Waals surface area contributed by atoms with Crippen molar-refractivity contribution in [1.82, 2.24) is 15.1 Å². The van der Waals surface area contributed by atoms with Crippen LogP contribution in [-0.2, 0) is 20.7 Å². The summed E-state index contributed by atoms with van der Waals surface area (Å²) in [5.74, 6) is 0.840. The Morgan fingerprint density at radius 3 is 2.80 bits per heavy atom. The maximum absolute atomic E-state index is 12.0. The molecule has 2 aliphatic heterocycles. The van der Waals surface area contributed by atoms with E-state index in [1.54, 1.807) is 30.3 Å². The number of hydrogen-bond donors (Lipinski definition) is 1. The topological polar surface area (TPSA) is 66.4 Å². The average Bonchev–Trinajstić information content (AvgIpc) is 3.43. The van der Waals surface area contributed by atoms with E-state index in [4.69, 9.17) is 9.47 Å². The third-order valence-corrected chi connectivity index (χ3v) is 6.32. The second-order valence-electron chi connectivity index (χ2n) is 7.84. The van der Waals surface area contributed by atoms with Crippen molar-refractivity contribution >= 4 is 47.2 Å². The van der Waals surface area contributed by atoms with Crippen LogP contribution in [0, 0.1) is 0 Å². The third-order valence-electron chi connectivity index (χ3n) is 5.38. The lowest BCUT2D eigenvalue weighted by Crippen LogP contribution is -2.48. The van der Waals surface area contributed by atoms with Crippen molar-refractivity contribution in [3.05, 3.63) is 22.4 Å². The number of rotatable bonds is 8. The number of piperidine rings is 1. The van der Waals surface area contributed by atoms with Gasteiger partial charge in [-0.3, -0.25) is 4.79 Å². The molecule has 1 amide bonds. The Balaban J connectivity index is 0.00000320. The number of likely N-dealkylation sites (tertiary alicyclic amines) is 1. The first-order chi connectivity index (χ1) is 14.1. The number of halogens is 1. The molecule has 170 valence electrons. The van der Waals surface area contributed by atoms with Gasteiger partial charge < -0.3 is 24.6 Å². The van der Waals surface area contributed by atoms with Gasteiger partial charge in [-0.2, -0.15) is 0 Å². The van der Waals surface area contributed by atoms with Crippen LogP contribution in [0.3, 0.4) is 0 Å². The highest BCUT2D eigenvalue weighted by molar-refractivity contribution is 14.0. The molecule has 1 atom stereocenters. The maximum Gasteiger partial charge on any atom is 0.243 e. The standard InChI is InChI=1S/C21H34N4O3S.HI/c1-24(2)20(26)15-23-21(22-10-7-19-6-4-14-29-19)25-11-8-17(9-12-25)28-16-18-5-3-13-27-18;/h4,6,14,17-18H,3,5,7-13,15-16H2,1-2H3,(H,22,23);1H. The number of ether oxygens (including phenoxy) is 2. The Hall–Kier alpha value is -0.910. The van der Waals surface area contributed by atoms with Crippen LogP contribution in [0.2, 0.25) is 0 Å². The first kappa shape index (κ1) is 25.4. The van der Waals surface area contributed by atoms with Gasteiger partial charge in [0.1, 0.15) is 6.54 Å². The minimum atomic E-state index is 0. The van der Waals surface area contributed by atoms with Crippen molar-refractivity contribution in [2.24, 2.45) is 4.99 Å². The van der Waals surface area contributed by atoms with Crippen molar-refractivity contribution in [2.45, 2.75) is 44.3 Å². The highest BCUT2D eigenvalue weighted by Gasteiger charge is 2.24. The molecule has 1 unspecified atom stereocenters. The fraction of sp³-hybridized carbons (Fsp3) is 0.714. The van der Waals surface area contributed by atoms with Crippen LogP contribution < -0.4 is 5.32 Å². The molecule has 0 aliphatic carbocycles. The quantitative estimate of drug-likeness (QED) is 0.306. The zero-order chi connectivity index (χ0) is 20.5. The van der Waals surface area contributed by atoms with E-state index in [2.05, 4.69) is 32.7 Å². The van der Waals surface area contributed by atoms with Crippen molar-refractivity contribution < 1.29 is 14.3 Å². The molecule has 2 aliphatic rings. The summed E-state index contributed by atoms with van der Waals surface area (Å²) in [5.41, 5.74) is 0. The fourth-order valence-electron chi connectivity index (χ4n) is 3.56. The van der Waals surface area contributed by atoms with Crippen LogP contribution in [0.4, 0.5) is 0 Å². The highest BCUT2D eigenvalue weighted by Crippen LogP contribution is 2.18. The molecule has 1 aromatic rings. The second kappa shape index (κ2) is 13.5. The number of thiophene rings is 1. The Morgan fingerprint density at radius 2 is 2.17 bits per heavy atom. The van der Waals surface area contributed by atoms with Gasteiger partial charge in [-0.25, -0.2) is 4.99 Å². The SMILES string of the molecule is CN(C)C(=O)CN=C(NCCc1cccs1)N1CCC(OCC2CCCO2)CC1.I. The third kappa shape index (κ3) is 8.32. The first-order valence-corrected chi connectivity index (χ1v) is 11.5. The van der Waals surface area contributed by atoms with Gasteiger partial charge in [0.25, 0.3) is 0 Å². The lowest BCUT2D eigenvalue weighted by Gasteiger charge is -2.34. The van der Waals surface area contributed by atoms with E-state index < -0.39 is 0 Å². The Morgan fingerprint density at radius 1 is 1.37 bits per heavy atom. The van der Waals surface area contributed by atoms with Gasteiger partial charge in [0.05, 0.1) is 18.8 Å². The Labute approximate surface area is 201 Å². The fourth-order valence-corrected chi connectivity index (χ4v) is 4.27. The summed E-state index contributed by atoms with van der Waals surface area (Å²) in [7, 11) is 3.53. The summed E-state index contributed by atoms with van der Waals surface area (Å²) in [6, 6.07) is 4.22. The second-order valence-corrected chi connectivity index (χ2v) is 8.87. The van der Waals surface area contributed by atoms with E-state index in [1.807, 2.05) is 0 Å².